The summed E-state index contributed by atoms with van der Waals surface area (Å²) >= 11 is 6.15. The summed E-state index contributed by atoms with van der Waals surface area (Å²) < 4.78 is 0. The molecule has 0 aromatic carbocycles. The Balaban J connectivity index is 2.49. The van der Waals surface area contributed by atoms with E-state index in [1.54, 1.807) is 50.1 Å². The zero-order chi connectivity index (χ0) is 15.2. The monoisotopic (exact) mass is 307 g/mol. The molecule has 0 unspecified atom stereocenters. The first-order valence-electron chi connectivity index (χ1n) is 6.42. The van der Waals surface area contributed by atoms with Gasteiger partial charge in [0.05, 0.1) is 17.8 Å². The van der Waals surface area contributed by atoms with E-state index >= 15 is 0 Å². The molecule has 6 nitrogen and oxygen atoms in total. The SMILES string of the molecule is CCC(=O)N(c1cc([NH2+]OC)ccn1)c1ccncc1Cl. The average Bonchev–Trinajstić information content (AvgIpc) is 2.50. The normalized spacial score (nSPS) is 10.4. The first-order chi connectivity index (χ1) is 10.2. The number of aromatic nitrogens is 2. The highest BCUT2D eigenvalue weighted by molar-refractivity contribution is 6.34. The molecule has 21 heavy (non-hydrogen) atoms. The van der Waals surface area contributed by atoms with Crippen molar-refractivity contribution in [2.24, 2.45) is 0 Å². The van der Waals surface area contributed by atoms with Crippen LogP contribution in [-0.4, -0.2) is 23.0 Å². The number of anilines is 2. The third kappa shape index (κ3) is 3.55. The Bertz CT molecular complexity index is 636. The average molecular weight is 308 g/mol. The molecule has 2 rings (SSSR count). The fourth-order valence-electron chi connectivity index (χ4n) is 1.86. The lowest BCUT2D eigenvalue weighted by Gasteiger charge is -2.22. The first-order valence-corrected chi connectivity index (χ1v) is 6.79. The molecule has 2 N–H and O–H groups in total. The zero-order valence-electron chi connectivity index (χ0n) is 11.8. The van der Waals surface area contributed by atoms with Gasteiger partial charge in [0.25, 0.3) is 0 Å². The number of rotatable bonds is 5. The van der Waals surface area contributed by atoms with E-state index in [1.165, 1.54) is 11.1 Å². The smallest absolute Gasteiger partial charge is 0.232 e. The molecule has 0 atom stereocenters. The van der Waals surface area contributed by atoms with Gasteiger partial charge < -0.3 is 0 Å². The maximum atomic E-state index is 12.3. The summed E-state index contributed by atoms with van der Waals surface area (Å²) in [5.74, 6) is 0.380. The van der Waals surface area contributed by atoms with Gasteiger partial charge in [0.1, 0.15) is 5.82 Å². The summed E-state index contributed by atoms with van der Waals surface area (Å²) in [5, 5.41) is 0.391. The molecule has 110 valence electrons. The lowest BCUT2D eigenvalue weighted by molar-refractivity contribution is -0.830. The minimum atomic E-state index is -0.106. The van der Waals surface area contributed by atoms with Crippen LogP contribution in [0, 0.1) is 0 Å². The van der Waals surface area contributed by atoms with Crippen LogP contribution in [0.15, 0.2) is 36.8 Å². The fraction of sp³-hybridized carbons (Fsp3) is 0.214. The molecule has 0 aliphatic heterocycles. The highest BCUT2D eigenvalue weighted by Gasteiger charge is 2.21. The summed E-state index contributed by atoms with van der Waals surface area (Å²) in [5.41, 5.74) is 2.94. The molecule has 0 aliphatic carbocycles. The number of hydrogen-bond acceptors (Lipinski definition) is 4. The molecule has 0 radical (unpaired) electrons. The van der Waals surface area contributed by atoms with Crippen molar-refractivity contribution in [2.75, 3.05) is 12.0 Å². The van der Waals surface area contributed by atoms with Crippen molar-refractivity contribution in [1.29, 1.82) is 0 Å². The summed E-state index contributed by atoms with van der Waals surface area (Å²) in [6.45, 7) is 1.79. The van der Waals surface area contributed by atoms with Gasteiger partial charge in [-0.1, -0.05) is 18.5 Å². The number of pyridine rings is 2. The van der Waals surface area contributed by atoms with Crippen LogP contribution in [0.5, 0.6) is 0 Å². The van der Waals surface area contributed by atoms with E-state index in [9.17, 15) is 4.79 Å². The Morgan fingerprint density at radius 1 is 1.43 bits per heavy atom. The maximum Gasteiger partial charge on any atom is 0.232 e. The largest absolute Gasteiger partial charge is 0.274 e. The van der Waals surface area contributed by atoms with Gasteiger partial charge in [0, 0.05) is 37.1 Å². The summed E-state index contributed by atoms with van der Waals surface area (Å²) in [6.07, 6.45) is 5.03. The van der Waals surface area contributed by atoms with Crippen LogP contribution in [0.3, 0.4) is 0 Å². The molecule has 1 amide bonds. The van der Waals surface area contributed by atoms with Gasteiger partial charge in [-0.05, 0) is 6.07 Å². The fourth-order valence-corrected chi connectivity index (χ4v) is 2.06. The van der Waals surface area contributed by atoms with E-state index in [4.69, 9.17) is 16.4 Å². The predicted molar refractivity (Wildman–Crippen MR) is 79.5 cm³/mol. The van der Waals surface area contributed by atoms with Crippen molar-refractivity contribution in [3.05, 3.63) is 41.8 Å². The molecule has 0 bridgehead atoms. The van der Waals surface area contributed by atoms with Crippen molar-refractivity contribution in [1.82, 2.24) is 9.97 Å². The van der Waals surface area contributed by atoms with E-state index in [-0.39, 0.29) is 5.91 Å². The summed E-state index contributed by atoms with van der Waals surface area (Å²) in [6, 6.07) is 5.23. The summed E-state index contributed by atoms with van der Waals surface area (Å²) in [7, 11) is 1.56. The molecule has 2 aromatic heterocycles. The number of quaternary nitrogens is 1. The van der Waals surface area contributed by atoms with Crippen LogP contribution in [-0.2, 0) is 9.63 Å². The summed E-state index contributed by atoms with van der Waals surface area (Å²) in [4.78, 5) is 27.0. The van der Waals surface area contributed by atoms with Crippen LogP contribution in [0.4, 0.5) is 17.2 Å². The number of carbonyl (C=O) groups excluding carboxylic acids is 1. The molecule has 0 saturated carbocycles. The lowest BCUT2D eigenvalue weighted by atomic mass is 10.3. The van der Waals surface area contributed by atoms with Gasteiger partial charge >= 0.3 is 0 Å². The van der Waals surface area contributed by atoms with Gasteiger partial charge in [-0.15, -0.1) is 0 Å². The highest BCUT2D eigenvalue weighted by Crippen LogP contribution is 2.31. The van der Waals surface area contributed by atoms with Gasteiger partial charge in [-0.25, -0.2) is 9.82 Å². The van der Waals surface area contributed by atoms with Crippen LogP contribution >= 0.6 is 11.6 Å². The van der Waals surface area contributed by atoms with Crippen LogP contribution in [0.25, 0.3) is 0 Å². The first kappa shape index (κ1) is 15.4. The second-order valence-corrected chi connectivity index (χ2v) is 4.62. The predicted octanol–water partition coefficient (Wildman–Crippen LogP) is 1.96. The standard InChI is InChI=1S/C14H15ClN4O2/c1-3-14(20)19(12-5-6-16-9-11(12)15)13-8-10(18-21-2)4-7-17-13/h4-9H,3H2,1-2H3,(H,17,18)/p+1. The topological polar surface area (TPSA) is 71.9 Å². The molecule has 2 heterocycles. The molecule has 2 aromatic rings. The Hall–Kier alpha value is -2.02. The second-order valence-electron chi connectivity index (χ2n) is 4.21. The van der Waals surface area contributed by atoms with Gasteiger partial charge in [-0.3, -0.25) is 14.7 Å². The number of halogens is 1. The van der Waals surface area contributed by atoms with Crippen molar-refractivity contribution in [2.45, 2.75) is 13.3 Å². The van der Waals surface area contributed by atoms with Gasteiger partial charge in [0.2, 0.25) is 5.91 Å². The second kappa shape index (κ2) is 7.12. The highest BCUT2D eigenvalue weighted by atomic mass is 35.5. The van der Waals surface area contributed by atoms with Gasteiger partial charge in [0.15, 0.2) is 5.69 Å². The Kier molecular flexibility index (Phi) is 5.21. The zero-order valence-corrected chi connectivity index (χ0v) is 12.5. The maximum absolute atomic E-state index is 12.3. The van der Waals surface area contributed by atoms with E-state index < -0.39 is 0 Å². The number of nitrogens with zero attached hydrogens (tertiary/aromatic N) is 3. The minimum Gasteiger partial charge on any atom is -0.274 e. The van der Waals surface area contributed by atoms with Crippen LogP contribution < -0.4 is 10.4 Å². The van der Waals surface area contributed by atoms with Crippen molar-refractivity contribution in [3.8, 4) is 0 Å². The van der Waals surface area contributed by atoms with E-state index in [1.807, 2.05) is 0 Å². The molecule has 0 aliphatic rings. The molecular formula is C14H16ClN4O2+. The molecule has 0 saturated heterocycles. The van der Waals surface area contributed by atoms with Crippen molar-refractivity contribution in [3.63, 3.8) is 0 Å². The van der Waals surface area contributed by atoms with Crippen LogP contribution in [0.2, 0.25) is 5.02 Å². The lowest BCUT2D eigenvalue weighted by Crippen LogP contribution is -2.75. The van der Waals surface area contributed by atoms with E-state index in [2.05, 4.69) is 9.97 Å². The Labute approximate surface area is 127 Å². The van der Waals surface area contributed by atoms with E-state index in [0.717, 1.165) is 5.69 Å². The molecule has 0 spiro atoms. The van der Waals surface area contributed by atoms with Crippen molar-refractivity contribution < 1.29 is 15.1 Å². The molecular weight excluding hydrogens is 292 g/mol. The van der Waals surface area contributed by atoms with Gasteiger partial charge in [-0.2, -0.15) is 5.48 Å². The Morgan fingerprint density at radius 2 is 2.24 bits per heavy atom. The third-order valence-corrected chi connectivity index (χ3v) is 3.09. The van der Waals surface area contributed by atoms with Crippen molar-refractivity contribution >= 4 is 34.7 Å². The number of nitrogens with two attached hydrogens (primary N) is 1. The quantitative estimate of drug-likeness (QED) is 0.857. The number of carbonyl (C=O) groups is 1. The van der Waals surface area contributed by atoms with E-state index in [0.29, 0.717) is 22.9 Å². The van der Waals surface area contributed by atoms with Crippen LogP contribution in [0.1, 0.15) is 13.3 Å². The third-order valence-electron chi connectivity index (χ3n) is 2.80. The number of hydrogen-bond donors (Lipinski definition) is 1. The molecule has 0 fully saturated rings. The molecule has 7 heteroatoms. The minimum absolute atomic E-state index is 0.106. The Morgan fingerprint density at radius 3 is 2.90 bits per heavy atom. The number of amides is 1.